The molecule has 3 N–H and O–H groups in total. The van der Waals surface area contributed by atoms with E-state index in [2.05, 4.69) is 22.3 Å². The number of hydrogen-bond donors (Lipinski definition) is 3. The first-order valence-corrected chi connectivity index (χ1v) is 7.14. The van der Waals surface area contributed by atoms with Crippen molar-refractivity contribution in [2.45, 2.75) is 51.2 Å². The number of carbonyl (C=O) groups excluding carboxylic acids is 2. The minimum atomic E-state index is -0.720. The molecule has 0 heterocycles. The van der Waals surface area contributed by atoms with E-state index in [4.69, 9.17) is 0 Å². The second-order valence-electron chi connectivity index (χ2n) is 5.83. The maximum absolute atomic E-state index is 11.5. The van der Waals surface area contributed by atoms with E-state index in [0.29, 0.717) is 12.5 Å². The zero-order valence-corrected chi connectivity index (χ0v) is 12.6. The van der Waals surface area contributed by atoms with Gasteiger partial charge in [0.05, 0.1) is 12.7 Å². The third-order valence-corrected chi connectivity index (χ3v) is 3.73. The van der Waals surface area contributed by atoms with Crippen molar-refractivity contribution in [2.75, 3.05) is 20.2 Å². The van der Waals surface area contributed by atoms with Crippen LogP contribution in [0.2, 0.25) is 0 Å². The van der Waals surface area contributed by atoms with E-state index in [9.17, 15) is 14.7 Å². The second-order valence-corrected chi connectivity index (χ2v) is 5.83. The van der Waals surface area contributed by atoms with E-state index >= 15 is 0 Å². The maximum Gasteiger partial charge on any atom is 0.329 e. The Bertz CT molecular complexity index is 348. The van der Waals surface area contributed by atoms with Gasteiger partial charge < -0.3 is 20.5 Å². The van der Waals surface area contributed by atoms with Gasteiger partial charge in [-0.05, 0) is 18.8 Å². The van der Waals surface area contributed by atoms with Gasteiger partial charge in [-0.3, -0.25) is 4.79 Å². The highest BCUT2D eigenvalue weighted by Gasteiger charge is 2.32. The van der Waals surface area contributed by atoms with Gasteiger partial charge in [0, 0.05) is 20.0 Å². The van der Waals surface area contributed by atoms with Gasteiger partial charge in [-0.2, -0.15) is 0 Å². The number of rotatable bonds is 6. The summed E-state index contributed by atoms with van der Waals surface area (Å²) in [4.78, 5) is 22.6. The number of nitrogens with one attached hydrogen (secondary N) is 2. The molecule has 3 atom stereocenters. The molecular formula is C14H26N2O4. The Morgan fingerprint density at radius 3 is 2.75 bits per heavy atom. The van der Waals surface area contributed by atoms with Crippen molar-refractivity contribution < 1.29 is 19.4 Å². The molecule has 6 nitrogen and oxygen atoms in total. The Morgan fingerprint density at radius 1 is 1.50 bits per heavy atom. The largest absolute Gasteiger partial charge is 0.467 e. The van der Waals surface area contributed by atoms with E-state index < -0.39 is 17.6 Å². The van der Waals surface area contributed by atoms with Crippen molar-refractivity contribution in [1.82, 2.24) is 10.6 Å². The van der Waals surface area contributed by atoms with Gasteiger partial charge in [0.25, 0.3) is 0 Å². The molecule has 1 aliphatic rings. The number of hydrogen-bond acceptors (Lipinski definition) is 5. The Hall–Kier alpha value is -1.14. The molecule has 0 aromatic rings. The second kappa shape index (κ2) is 7.59. The molecule has 0 aliphatic heterocycles. The molecule has 0 spiro atoms. The van der Waals surface area contributed by atoms with Crippen LogP contribution in [0.4, 0.5) is 0 Å². The highest BCUT2D eigenvalue weighted by molar-refractivity contribution is 5.83. The number of carbonyl (C=O) groups is 2. The summed E-state index contributed by atoms with van der Waals surface area (Å²) in [5.74, 6) is -0.258. The topological polar surface area (TPSA) is 87.7 Å². The van der Waals surface area contributed by atoms with Crippen LogP contribution in [0.1, 0.15) is 39.5 Å². The SMILES string of the molecule is COC(=O)C(CNCC1(O)CCCC(C)C1)NC(C)=O. The fourth-order valence-corrected chi connectivity index (χ4v) is 2.82. The van der Waals surface area contributed by atoms with Crippen LogP contribution >= 0.6 is 0 Å². The van der Waals surface area contributed by atoms with Gasteiger partial charge >= 0.3 is 5.97 Å². The highest BCUT2D eigenvalue weighted by atomic mass is 16.5. The molecule has 0 radical (unpaired) electrons. The van der Waals surface area contributed by atoms with Gasteiger partial charge in [-0.25, -0.2) is 4.79 Å². The molecule has 1 aliphatic carbocycles. The zero-order chi connectivity index (χ0) is 15.2. The molecule has 1 amide bonds. The lowest BCUT2D eigenvalue weighted by atomic mass is 9.79. The highest BCUT2D eigenvalue weighted by Crippen LogP contribution is 2.31. The lowest BCUT2D eigenvalue weighted by Crippen LogP contribution is -2.51. The van der Waals surface area contributed by atoms with Crippen molar-refractivity contribution in [3.05, 3.63) is 0 Å². The standard InChI is InChI=1S/C14H26N2O4/c1-10-5-4-6-14(19,7-10)9-15-8-12(13(18)20-3)16-11(2)17/h10,12,15,19H,4-9H2,1-3H3,(H,16,17). The Balaban J connectivity index is 2.43. The van der Waals surface area contributed by atoms with Crippen molar-refractivity contribution in [1.29, 1.82) is 0 Å². The number of amides is 1. The van der Waals surface area contributed by atoms with Crippen LogP contribution in [0, 0.1) is 5.92 Å². The average molecular weight is 286 g/mol. The molecule has 116 valence electrons. The minimum Gasteiger partial charge on any atom is -0.467 e. The number of methoxy groups -OCH3 is 1. The first-order chi connectivity index (χ1) is 9.36. The van der Waals surface area contributed by atoms with Gasteiger partial charge in [-0.1, -0.05) is 19.8 Å². The van der Waals surface area contributed by atoms with Crippen LogP contribution in [0.15, 0.2) is 0 Å². The summed E-state index contributed by atoms with van der Waals surface area (Å²) in [6.07, 6.45) is 3.71. The molecule has 20 heavy (non-hydrogen) atoms. The summed E-state index contributed by atoms with van der Waals surface area (Å²) in [5, 5.41) is 16.1. The third kappa shape index (κ3) is 5.46. The van der Waals surface area contributed by atoms with E-state index in [-0.39, 0.29) is 12.5 Å². The Morgan fingerprint density at radius 2 is 2.20 bits per heavy atom. The molecule has 1 fully saturated rings. The lowest BCUT2D eigenvalue weighted by molar-refractivity contribution is -0.144. The summed E-state index contributed by atoms with van der Waals surface area (Å²) in [6.45, 7) is 4.17. The molecular weight excluding hydrogens is 260 g/mol. The summed E-state index contributed by atoms with van der Waals surface area (Å²) in [7, 11) is 1.29. The van der Waals surface area contributed by atoms with Gasteiger partial charge in [0.15, 0.2) is 0 Å². The van der Waals surface area contributed by atoms with E-state index in [0.717, 1.165) is 25.7 Å². The van der Waals surface area contributed by atoms with Crippen molar-refractivity contribution >= 4 is 11.9 Å². The maximum atomic E-state index is 11.5. The molecule has 1 rings (SSSR count). The summed E-state index contributed by atoms with van der Waals surface area (Å²) in [6, 6.07) is -0.720. The smallest absolute Gasteiger partial charge is 0.329 e. The van der Waals surface area contributed by atoms with Gasteiger partial charge in [0.2, 0.25) is 5.91 Å². The van der Waals surface area contributed by atoms with Gasteiger partial charge in [-0.15, -0.1) is 0 Å². The third-order valence-electron chi connectivity index (χ3n) is 3.73. The fraction of sp³-hybridized carbons (Fsp3) is 0.857. The monoisotopic (exact) mass is 286 g/mol. The number of ether oxygens (including phenoxy) is 1. The quantitative estimate of drug-likeness (QED) is 0.607. The first kappa shape index (κ1) is 16.9. The van der Waals surface area contributed by atoms with E-state index in [1.165, 1.54) is 14.0 Å². The van der Waals surface area contributed by atoms with Crippen molar-refractivity contribution in [2.24, 2.45) is 5.92 Å². The van der Waals surface area contributed by atoms with Gasteiger partial charge in [0.1, 0.15) is 6.04 Å². The minimum absolute atomic E-state index is 0.253. The normalized spacial score (nSPS) is 27.7. The zero-order valence-electron chi connectivity index (χ0n) is 12.6. The Kier molecular flexibility index (Phi) is 6.42. The van der Waals surface area contributed by atoms with Crippen molar-refractivity contribution in [3.8, 4) is 0 Å². The predicted molar refractivity (Wildman–Crippen MR) is 75.1 cm³/mol. The van der Waals surface area contributed by atoms with Crippen LogP contribution in [0.3, 0.4) is 0 Å². The summed E-state index contributed by atoms with van der Waals surface area (Å²) >= 11 is 0. The molecule has 6 heteroatoms. The molecule has 0 saturated heterocycles. The number of esters is 1. The molecule has 1 saturated carbocycles. The number of aliphatic hydroxyl groups is 1. The van der Waals surface area contributed by atoms with Crippen LogP contribution < -0.4 is 10.6 Å². The van der Waals surface area contributed by atoms with Crippen molar-refractivity contribution in [3.63, 3.8) is 0 Å². The molecule has 0 aromatic carbocycles. The predicted octanol–water partition coefficient (Wildman–Crippen LogP) is 0.195. The average Bonchev–Trinajstić information content (AvgIpc) is 2.35. The summed E-state index contributed by atoms with van der Waals surface area (Å²) < 4.78 is 4.64. The van der Waals surface area contributed by atoms with E-state index in [1.807, 2.05) is 0 Å². The van der Waals surface area contributed by atoms with E-state index in [1.54, 1.807) is 0 Å². The molecule has 3 unspecified atom stereocenters. The molecule has 0 aromatic heterocycles. The Labute approximate surface area is 120 Å². The van der Waals surface area contributed by atoms with Crippen LogP contribution in [-0.4, -0.2) is 48.8 Å². The first-order valence-electron chi connectivity index (χ1n) is 7.14. The van der Waals surface area contributed by atoms with Crippen LogP contribution in [0.25, 0.3) is 0 Å². The van der Waals surface area contributed by atoms with Crippen LogP contribution in [-0.2, 0) is 14.3 Å². The van der Waals surface area contributed by atoms with Crippen LogP contribution in [0.5, 0.6) is 0 Å². The fourth-order valence-electron chi connectivity index (χ4n) is 2.82. The molecule has 0 bridgehead atoms. The lowest BCUT2D eigenvalue weighted by Gasteiger charge is -2.36. The summed E-state index contributed by atoms with van der Waals surface area (Å²) in [5.41, 5.74) is -0.714.